The van der Waals surface area contributed by atoms with Crippen molar-refractivity contribution in [2.75, 3.05) is 5.88 Å². The van der Waals surface area contributed by atoms with E-state index in [2.05, 4.69) is 10.2 Å². The monoisotopic (exact) mass is 272 g/mol. The molecule has 1 aromatic heterocycles. The lowest BCUT2D eigenvalue weighted by Crippen LogP contribution is -2.07. The highest BCUT2D eigenvalue weighted by molar-refractivity contribution is 7.11. The van der Waals surface area contributed by atoms with Gasteiger partial charge in [-0.1, -0.05) is 32.1 Å². The van der Waals surface area contributed by atoms with Gasteiger partial charge in [-0.2, -0.15) is 0 Å². The van der Waals surface area contributed by atoms with Crippen LogP contribution in [-0.4, -0.2) is 16.1 Å². The van der Waals surface area contributed by atoms with Gasteiger partial charge in [-0.3, -0.25) is 0 Å². The van der Waals surface area contributed by atoms with E-state index in [9.17, 15) is 0 Å². The molecule has 0 saturated heterocycles. The van der Waals surface area contributed by atoms with Crippen LogP contribution in [-0.2, 0) is 12.8 Å². The molecule has 1 aromatic rings. The molecule has 0 N–H and O–H groups in total. The van der Waals surface area contributed by atoms with Crippen molar-refractivity contribution in [3.05, 3.63) is 10.0 Å². The molecule has 0 unspecified atom stereocenters. The van der Waals surface area contributed by atoms with Crippen molar-refractivity contribution in [3.63, 3.8) is 0 Å². The van der Waals surface area contributed by atoms with Crippen molar-refractivity contribution < 1.29 is 0 Å². The molecule has 0 radical (unpaired) electrons. The van der Waals surface area contributed by atoms with Gasteiger partial charge < -0.3 is 0 Å². The summed E-state index contributed by atoms with van der Waals surface area (Å²) in [5.74, 6) is 1.66. The van der Waals surface area contributed by atoms with Gasteiger partial charge in [0.1, 0.15) is 10.0 Å². The molecule has 1 heterocycles. The summed E-state index contributed by atoms with van der Waals surface area (Å²) in [6.45, 7) is 0. The molecule has 0 atom stereocenters. The number of rotatable bonds is 6. The first-order chi connectivity index (χ1) is 8.38. The van der Waals surface area contributed by atoms with E-state index in [1.807, 2.05) is 0 Å². The van der Waals surface area contributed by atoms with Gasteiger partial charge in [-0.05, 0) is 18.8 Å². The molecule has 0 spiro atoms. The normalized spacial score (nSPS) is 17.5. The number of nitrogens with zero attached hydrogens (tertiary/aromatic N) is 2. The Morgan fingerprint density at radius 1 is 1.06 bits per heavy atom. The zero-order valence-electron chi connectivity index (χ0n) is 10.3. The van der Waals surface area contributed by atoms with E-state index in [1.165, 1.54) is 43.5 Å². The van der Waals surface area contributed by atoms with Crippen LogP contribution in [0.25, 0.3) is 0 Å². The predicted molar refractivity (Wildman–Crippen MR) is 73.8 cm³/mol. The van der Waals surface area contributed by atoms with Crippen LogP contribution in [0.2, 0.25) is 0 Å². The maximum Gasteiger partial charge on any atom is 0.117 e. The second-order valence-electron chi connectivity index (χ2n) is 4.92. The van der Waals surface area contributed by atoms with Gasteiger partial charge in [-0.25, -0.2) is 0 Å². The molecule has 2 rings (SSSR count). The summed E-state index contributed by atoms with van der Waals surface area (Å²) in [5.41, 5.74) is 0. The van der Waals surface area contributed by atoms with E-state index in [0.29, 0.717) is 0 Å². The Bertz CT molecular complexity index is 321. The Hall–Kier alpha value is -0.150. The number of aromatic nitrogens is 2. The average Bonchev–Trinajstić information content (AvgIpc) is 2.83. The molecule has 0 aliphatic heterocycles. The first kappa shape index (κ1) is 13.3. The summed E-state index contributed by atoms with van der Waals surface area (Å²) in [6, 6.07) is 0. The quantitative estimate of drug-likeness (QED) is 0.725. The predicted octanol–water partition coefficient (Wildman–Crippen LogP) is 4.22. The standard InChI is InChI=1S/C13H21ClN2S/c14-10-4-7-12-15-16-13(17-12)9-8-11-5-2-1-3-6-11/h11H,1-10H2. The van der Waals surface area contributed by atoms with Crippen molar-refractivity contribution >= 4 is 22.9 Å². The maximum atomic E-state index is 5.68. The Labute approximate surface area is 113 Å². The lowest BCUT2D eigenvalue weighted by molar-refractivity contribution is 0.339. The Kier molecular flexibility index (Phi) is 5.72. The molecule has 17 heavy (non-hydrogen) atoms. The number of halogens is 1. The van der Waals surface area contributed by atoms with Gasteiger partial charge in [0, 0.05) is 18.7 Å². The van der Waals surface area contributed by atoms with Gasteiger partial charge in [0.2, 0.25) is 0 Å². The molecule has 96 valence electrons. The molecule has 1 saturated carbocycles. The summed E-state index contributed by atoms with van der Waals surface area (Å²) in [7, 11) is 0. The molecule has 1 fully saturated rings. The summed E-state index contributed by atoms with van der Waals surface area (Å²) < 4.78 is 0. The molecule has 2 nitrogen and oxygen atoms in total. The fourth-order valence-corrected chi connectivity index (χ4v) is 3.55. The number of hydrogen-bond acceptors (Lipinski definition) is 3. The third kappa shape index (κ3) is 4.55. The van der Waals surface area contributed by atoms with Crippen LogP contribution in [0.4, 0.5) is 0 Å². The maximum absolute atomic E-state index is 5.68. The number of aryl methyl sites for hydroxylation is 2. The van der Waals surface area contributed by atoms with Crippen molar-refractivity contribution in [1.82, 2.24) is 10.2 Å². The highest BCUT2D eigenvalue weighted by Crippen LogP contribution is 2.28. The fourth-order valence-electron chi connectivity index (χ4n) is 2.51. The first-order valence-corrected chi connectivity index (χ1v) is 8.11. The van der Waals surface area contributed by atoms with Crippen LogP contribution in [0.15, 0.2) is 0 Å². The molecule has 0 amide bonds. The van der Waals surface area contributed by atoms with E-state index in [4.69, 9.17) is 11.6 Å². The van der Waals surface area contributed by atoms with Gasteiger partial charge in [-0.15, -0.1) is 33.1 Å². The summed E-state index contributed by atoms with van der Waals surface area (Å²) in [6.07, 6.45) is 11.6. The topological polar surface area (TPSA) is 25.8 Å². The van der Waals surface area contributed by atoms with Crippen molar-refractivity contribution in [3.8, 4) is 0 Å². The number of hydrogen-bond donors (Lipinski definition) is 0. The third-order valence-electron chi connectivity index (χ3n) is 3.52. The first-order valence-electron chi connectivity index (χ1n) is 6.75. The van der Waals surface area contributed by atoms with Crippen LogP contribution in [0, 0.1) is 5.92 Å². The molecule has 1 aliphatic rings. The van der Waals surface area contributed by atoms with Gasteiger partial charge in [0.05, 0.1) is 0 Å². The minimum absolute atomic E-state index is 0.719. The van der Waals surface area contributed by atoms with Crippen LogP contribution in [0.5, 0.6) is 0 Å². The Morgan fingerprint density at radius 2 is 1.76 bits per heavy atom. The zero-order valence-corrected chi connectivity index (χ0v) is 11.9. The van der Waals surface area contributed by atoms with E-state index in [-0.39, 0.29) is 0 Å². The minimum atomic E-state index is 0.719. The van der Waals surface area contributed by atoms with Crippen LogP contribution >= 0.6 is 22.9 Å². The summed E-state index contributed by atoms with van der Waals surface area (Å²) in [4.78, 5) is 0. The zero-order chi connectivity index (χ0) is 11.9. The van der Waals surface area contributed by atoms with E-state index in [0.717, 1.165) is 36.1 Å². The molecule has 4 heteroatoms. The van der Waals surface area contributed by atoms with Crippen LogP contribution in [0.1, 0.15) is 55.0 Å². The molecule has 0 aromatic carbocycles. The van der Waals surface area contributed by atoms with Crippen molar-refractivity contribution in [2.24, 2.45) is 5.92 Å². The van der Waals surface area contributed by atoms with Crippen molar-refractivity contribution in [2.45, 2.75) is 57.8 Å². The van der Waals surface area contributed by atoms with Gasteiger partial charge in [0.25, 0.3) is 0 Å². The lowest BCUT2D eigenvalue weighted by atomic mass is 9.86. The van der Waals surface area contributed by atoms with E-state index >= 15 is 0 Å². The second kappa shape index (κ2) is 7.32. The molecule has 1 aliphatic carbocycles. The van der Waals surface area contributed by atoms with E-state index in [1.54, 1.807) is 11.3 Å². The SMILES string of the molecule is ClCCCc1nnc(CCC2CCCCC2)s1. The second-order valence-corrected chi connectivity index (χ2v) is 6.45. The smallest absolute Gasteiger partial charge is 0.117 e. The van der Waals surface area contributed by atoms with Crippen LogP contribution in [0.3, 0.4) is 0 Å². The molecular formula is C13H21ClN2S. The minimum Gasteiger partial charge on any atom is -0.144 e. The van der Waals surface area contributed by atoms with Gasteiger partial charge >= 0.3 is 0 Å². The van der Waals surface area contributed by atoms with Crippen molar-refractivity contribution in [1.29, 1.82) is 0 Å². The fraction of sp³-hybridized carbons (Fsp3) is 0.846. The molecule has 0 bridgehead atoms. The lowest BCUT2D eigenvalue weighted by Gasteiger charge is -2.20. The summed E-state index contributed by atoms with van der Waals surface area (Å²) in [5, 5.41) is 10.9. The highest BCUT2D eigenvalue weighted by atomic mass is 35.5. The largest absolute Gasteiger partial charge is 0.144 e. The number of alkyl halides is 1. The Balaban J connectivity index is 1.72. The average molecular weight is 273 g/mol. The Morgan fingerprint density at radius 3 is 2.47 bits per heavy atom. The van der Waals surface area contributed by atoms with E-state index < -0.39 is 0 Å². The van der Waals surface area contributed by atoms with Crippen LogP contribution < -0.4 is 0 Å². The highest BCUT2D eigenvalue weighted by Gasteiger charge is 2.14. The summed E-state index contributed by atoms with van der Waals surface area (Å²) >= 11 is 7.46. The third-order valence-corrected chi connectivity index (χ3v) is 4.83. The van der Waals surface area contributed by atoms with Gasteiger partial charge in [0.15, 0.2) is 0 Å². The molecular weight excluding hydrogens is 252 g/mol.